The van der Waals surface area contributed by atoms with Crippen molar-refractivity contribution in [2.24, 2.45) is 0 Å². The van der Waals surface area contributed by atoms with E-state index in [0.717, 1.165) is 5.57 Å². The van der Waals surface area contributed by atoms with E-state index in [-0.39, 0.29) is 5.83 Å². The Hall–Kier alpha value is -1.74. The molecule has 1 aromatic rings. The minimum absolute atomic E-state index is 0.299. The molecule has 0 bridgehead atoms. The van der Waals surface area contributed by atoms with Crippen molar-refractivity contribution in [3.63, 3.8) is 0 Å². The maximum absolute atomic E-state index is 13.9. The van der Waals surface area contributed by atoms with Crippen LogP contribution in [0.5, 0.6) is 0 Å². The number of aldehydes is 1. The summed E-state index contributed by atoms with van der Waals surface area (Å²) in [5.74, 6) is -0.299. The van der Waals surface area contributed by atoms with Crippen LogP contribution >= 0.6 is 11.3 Å². The summed E-state index contributed by atoms with van der Waals surface area (Å²) in [6.45, 7) is 9.75. The van der Waals surface area contributed by atoms with Crippen molar-refractivity contribution < 1.29 is 9.18 Å². The fourth-order valence-electron chi connectivity index (χ4n) is 1.84. The highest BCUT2D eigenvalue weighted by molar-refractivity contribution is 7.12. The molecule has 112 valence electrons. The smallest absolute Gasteiger partial charge is 0.143 e. The third-order valence-electron chi connectivity index (χ3n) is 3.32. The Labute approximate surface area is 130 Å². The summed E-state index contributed by atoms with van der Waals surface area (Å²) in [5.41, 5.74) is 3.71. The Bertz CT molecular complexity index is 642. The zero-order chi connectivity index (χ0) is 16.0. The molecule has 0 fully saturated rings. The van der Waals surface area contributed by atoms with E-state index in [2.05, 4.69) is 20.8 Å². The molecule has 1 heterocycles. The van der Waals surface area contributed by atoms with Crippen LogP contribution in [-0.2, 0) is 4.79 Å². The molecular weight excluding hydrogens is 283 g/mol. The second-order valence-electron chi connectivity index (χ2n) is 5.00. The average Bonchev–Trinajstić information content (AvgIpc) is 2.67. The molecule has 0 saturated carbocycles. The third-order valence-corrected chi connectivity index (χ3v) is 4.46. The molecule has 0 aliphatic carbocycles. The summed E-state index contributed by atoms with van der Waals surface area (Å²) in [6, 6.07) is 0. The lowest BCUT2D eigenvalue weighted by Crippen LogP contribution is -1.80. The second kappa shape index (κ2) is 7.89. The van der Waals surface area contributed by atoms with E-state index < -0.39 is 0 Å². The standard InChI is InChI=1S/C18H21FOS/c1-12(10-11-20)6-9-18(19)13(2)7-8-17-14(3)15(4)21-16(17)5/h6-11H,1-5H3/b8-7+,9-6+,12-10+,18-13+. The first-order valence-electron chi connectivity index (χ1n) is 6.78. The highest BCUT2D eigenvalue weighted by Crippen LogP contribution is 2.28. The van der Waals surface area contributed by atoms with E-state index in [0.29, 0.717) is 11.9 Å². The summed E-state index contributed by atoms with van der Waals surface area (Å²) >= 11 is 1.76. The molecule has 21 heavy (non-hydrogen) atoms. The Morgan fingerprint density at radius 3 is 2.24 bits per heavy atom. The van der Waals surface area contributed by atoms with Crippen LogP contribution in [0.1, 0.15) is 34.7 Å². The van der Waals surface area contributed by atoms with Crippen molar-refractivity contribution >= 4 is 23.7 Å². The number of rotatable bonds is 5. The van der Waals surface area contributed by atoms with E-state index in [1.165, 1.54) is 33.0 Å². The fourth-order valence-corrected chi connectivity index (χ4v) is 2.90. The monoisotopic (exact) mass is 304 g/mol. The summed E-state index contributed by atoms with van der Waals surface area (Å²) in [5, 5.41) is 0. The summed E-state index contributed by atoms with van der Waals surface area (Å²) in [7, 11) is 0. The van der Waals surface area contributed by atoms with Crippen LogP contribution < -0.4 is 0 Å². The summed E-state index contributed by atoms with van der Waals surface area (Å²) < 4.78 is 13.9. The van der Waals surface area contributed by atoms with E-state index >= 15 is 0 Å². The van der Waals surface area contributed by atoms with Gasteiger partial charge < -0.3 is 0 Å². The van der Waals surface area contributed by atoms with Gasteiger partial charge in [0.05, 0.1) is 0 Å². The van der Waals surface area contributed by atoms with Gasteiger partial charge in [-0.2, -0.15) is 0 Å². The van der Waals surface area contributed by atoms with Gasteiger partial charge in [0.15, 0.2) is 0 Å². The molecule has 0 saturated heterocycles. The average molecular weight is 304 g/mol. The van der Waals surface area contributed by atoms with Crippen LogP contribution in [0, 0.1) is 20.8 Å². The molecule has 0 N–H and O–H groups in total. The first-order valence-corrected chi connectivity index (χ1v) is 7.59. The molecule has 0 aliphatic heterocycles. The molecule has 0 unspecified atom stereocenters. The number of carbonyl (C=O) groups is 1. The van der Waals surface area contributed by atoms with Crippen molar-refractivity contribution in [3.8, 4) is 0 Å². The lowest BCUT2D eigenvalue weighted by molar-refractivity contribution is -0.104. The number of hydrogen-bond acceptors (Lipinski definition) is 2. The van der Waals surface area contributed by atoms with Crippen molar-refractivity contribution in [1.29, 1.82) is 0 Å². The van der Waals surface area contributed by atoms with Crippen LogP contribution in [-0.4, -0.2) is 6.29 Å². The van der Waals surface area contributed by atoms with Gasteiger partial charge in [-0.05, 0) is 69.0 Å². The van der Waals surface area contributed by atoms with Crippen molar-refractivity contribution in [1.82, 2.24) is 0 Å². The van der Waals surface area contributed by atoms with Crippen LogP contribution in [0.4, 0.5) is 4.39 Å². The molecule has 1 aromatic heterocycles. The van der Waals surface area contributed by atoms with Crippen LogP contribution in [0.2, 0.25) is 0 Å². The molecule has 0 aliphatic rings. The molecule has 0 radical (unpaired) electrons. The second-order valence-corrected chi connectivity index (χ2v) is 6.43. The van der Waals surface area contributed by atoms with E-state index in [4.69, 9.17) is 0 Å². The largest absolute Gasteiger partial charge is 0.299 e. The van der Waals surface area contributed by atoms with Gasteiger partial charge in [0.25, 0.3) is 0 Å². The number of allylic oxidation sites excluding steroid dienone is 7. The predicted molar refractivity (Wildman–Crippen MR) is 90.3 cm³/mol. The van der Waals surface area contributed by atoms with Gasteiger partial charge in [0.2, 0.25) is 0 Å². The maximum Gasteiger partial charge on any atom is 0.143 e. The topological polar surface area (TPSA) is 17.1 Å². The van der Waals surface area contributed by atoms with Crippen LogP contribution in [0.25, 0.3) is 6.08 Å². The molecule has 0 amide bonds. The molecule has 0 spiro atoms. The Morgan fingerprint density at radius 1 is 1.05 bits per heavy atom. The van der Waals surface area contributed by atoms with E-state index in [1.54, 1.807) is 37.3 Å². The van der Waals surface area contributed by atoms with Crippen LogP contribution in [0.15, 0.2) is 41.3 Å². The molecular formula is C18H21FOS. The number of carbonyl (C=O) groups excluding carboxylic acids is 1. The molecule has 1 rings (SSSR count). The normalized spacial score (nSPS) is 14.1. The number of hydrogen-bond donors (Lipinski definition) is 0. The van der Waals surface area contributed by atoms with Gasteiger partial charge in [-0.15, -0.1) is 11.3 Å². The zero-order valence-electron chi connectivity index (χ0n) is 13.2. The van der Waals surface area contributed by atoms with E-state index in [9.17, 15) is 9.18 Å². The Morgan fingerprint density at radius 2 is 1.71 bits per heavy atom. The maximum atomic E-state index is 13.9. The van der Waals surface area contributed by atoms with Gasteiger partial charge >= 0.3 is 0 Å². The first-order chi connectivity index (χ1) is 9.86. The molecule has 0 atom stereocenters. The summed E-state index contributed by atoms with van der Waals surface area (Å²) in [6.07, 6.45) is 8.82. The lowest BCUT2D eigenvalue weighted by atomic mass is 10.1. The predicted octanol–water partition coefficient (Wildman–Crippen LogP) is 5.63. The molecule has 0 aromatic carbocycles. The quantitative estimate of drug-likeness (QED) is 0.391. The highest BCUT2D eigenvalue weighted by atomic mass is 32.1. The SMILES string of the molecule is CC(/C=C/C(F)=C(C)\C=C\c1c(C)sc(C)c1C)=C\C=O. The minimum Gasteiger partial charge on any atom is -0.299 e. The molecule has 1 nitrogen and oxygen atoms in total. The summed E-state index contributed by atoms with van der Waals surface area (Å²) in [4.78, 5) is 12.8. The number of aryl methyl sites for hydroxylation is 2. The fraction of sp³-hybridized carbons (Fsp3) is 0.278. The van der Waals surface area contributed by atoms with Gasteiger partial charge in [-0.25, -0.2) is 4.39 Å². The first kappa shape index (κ1) is 17.3. The zero-order valence-corrected chi connectivity index (χ0v) is 14.0. The number of thiophene rings is 1. The van der Waals surface area contributed by atoms with Crippen molar-refractivity contribution in [3.05, 3.63) is 62.2 Å². The van der Waals surface area contributed by atoms with Gasteiger partial charge in [0, 0.05) is 9.75 Å². The van der Waals surface area contributed by atoms with Crippen molar-refractivity contribution in [2.75, 3.05) is 0 Å². The van der Waals surface area contributed by atoms with Gasteiger partial charge in [0.1, 0.15) is 12.1 Å². The minimum atomic E-state index is -0.299. The Kier molecular flexibility index (Phi) is 6.50. The van der Waals surface area contributed by atoms with Crippen molar-refractivity contribution in [2.45, 2.75) is 34.6 Å². The third kappa shape index (κ3) is 4.94. The molecule has 3 heteroatoms. The van der Waals surface area contributed by atoms with Gasteiger partial charge in [-0.3, -0.25) is 4.79 Å². The lowest BCUT2D eigenvalue weighted by Gasteiger charge is -1.97. The van der Waals surface area contributed by atoms with Crippen LogP contribution in [0.3, 0.4) is 0 Å². The van der Waals surface area contributed by atoms with E-state index in [1.807, 2.05) is 6.08 Å². The highest BCUT2D eigenvalue weighted by Gasteiger charge is 2.06. The Balaban J connectivity index is 2.95. The van der Waals surface area contributed by atoms with Gasteiger partial charge in [-0.1, -0.05) is 18.2 Å². The number of halogens is 1.